The van der Waals surface area contributed by atoms with Crippen LogP contribution in [0, 0.1) is 12.3 Å². The molecule has 0 N–H and O–H groups in total. The van der Waals surface area contributed by atoms with E-state index in [4.69, 9.17) is 22.8 Å². The van der Waals surface area contributed by atoms with Crippen molar-refractivity contribution in [1.82, 2.24) is 4.57 Å². The van der Waals surface area contributed by atoms with Crippen LogP contribution >= 0.6 is 22.9 Å². The molecule has 1 heterocycles. The van der Waals surface area contributed by atoms with Gasteiger partial charge in [-0.1, -0.05) is 28.9 Å². The van der Waals surface area contributed by atoms with E-state index in [0.717, 1.165) is 10.2 Å². The number of nitrogens with zero attached hydrogens (tertiary/aromatic N) is 2. The lowest BCUT2D eigenvalue weighted by Gasteiger charge is -2.03. The van der Waals surface area contributed by atoms with Crippen molar-refractivity contribution in [2.75, 3.05) is 6.61 Å². The third-order valence-corrected chi connectivity index (χ3v) is 6.21. The molecular formula is C18H15ClN2O3S2. The number of rotatable bonds is 5. The van der Waals surface area contributed by atoms with Gasteiger partial charge < -0.3 is 9.30 Å². The summed E-state index contributed by atoms with van der Waals surface area (Å²) in [7, 11) is -3.88. The highest BCUT2D eigenvalue weighted by molar-refractivity contribution is 7.90. The first kappa shape index (κ1) is 18.5. The van der Waals surface area contributed by atoms with Gasteiger partial charge >= 0.3 is 0 Å². The van der Waals surface area contributed by atoms with Gasteiger partial charge in [-0.2, -0.15) is 8.42 Å². The summed E-state index contributed by atoms with van der Waals surface area (Å²) >= 11 is 7.06. The van der Waals surface area contributed by atoms with Crippen molar-refractivity contribution in [2.45, 2.75) is 18.4 Å². The Kier molecular flexibility index (Phi) is 5.37. The minimum absolute atomic E-state index is 0.0709. The van der Waals surface area contributed by atoms with Crippen LogP contribution in [-0.4, -0.2) is 19.6 Å². The van der Waals surface area contributed by atoms with Gasteiger partial charge in [0, 0.05) is 5.02 Å². The molecular weight excluding hydrogens is 392 g/mol. The minimum atomic E-state index is -3.88. The van der Waals surface area contributed by atoms with Gasteiger partial charge in [0.05, 0.1) is 28.3 Å². The van der Waals surface area contributed by atoms with Crippen molar-refractivity contribution in [1.29, 1.82) is 0 Å². The van der Waals surface area contributed by atoms with Gasteiger partial charge in [-0.25, -0.2) is 0 Å². The number of ether oxygens (including phenoxy) is 1. The van der Waals surface area contributed by atoms with Crippen LogP contribution in [0.25, 0.3) is 10.2 Å². The maximum atomic E-state index is 12.6. The molecule has 0 unspecified atom stereocenters. The molecule has 134 valence electrons. The summed E-state index contributed by atoms with van der Waals surface area (Å²) in [5.41, 5.74) is 0.807. The minimum Gasteiger partial charge on any atom is -0.494 e. The number of terminal acetylenes is 1. The molecule has 0 amide bonds. The molecule has 26 heavy (non-hydrogen) atoms. The average Bonchev–Trinajstić information content (AvgIpc) is 2.92. The summed E-state index contributed by atoms with van der Waals surface area (Å²) in [6, 6.07) is 11.4. The number of hydrogen-bond donors (Lipinski definition) is 0. The zero-order valence-corrected chi connectivity index (χ0v) is 16.2. The topological polar surface area (TPSA) is 60.7 Å². The second-order valence-corrected chi connectivity index (χ2v) is 8.31. The lowest BCUT2D eigenvalue weighted by Crippen LogP contribution is -2.16. The van der Waals surface area contributed by atoms with Crippen LogP contribution in [0.5, 0.6) is 5.75 Å². The summed E-state index contributed by atoms with van der Waals surface area (Å²) in [4.78, 5) is 0.378. The predicted molar refractivity (Wildman–Crippen MR) is 104 cm³/mol. The first-order chi connectivity index (χ1) is 12.4. The molecule has 0 saturated heterocycles. The number of sulfonamides is 1. The third-order valence-electron chi connectivity index (χ3n) is 3.52. The monoisotopic (exact) mass is 406 g/mol. The highest BCUT2D eigenvalue weighted by atomic mass is 35.5. The van der Waals surface area contributed by atoms with E-state index < -0.39 is 10.0 Å². The molecule has 2 aromatic carbocycles. The van der Waals surface area contributed by atoms with Gasteiger partial charge in [-0.05, 0) is 49.4 Å². The molecule has 0 saturated carbocycles. The van der Waals surface area contributed by atoms with Crippen molar-refractivity contribution in [2.24, 2.45) is 4.40 Å². The fraction of sp³-hybridized carbons (Fsp3) is 0.167. The van der Waals surface area contributed by atoms with Crippen molar-refractivity contribution in [3.63, 3.8) is 0 Å². The molecule has 0 aliphatic rings. The van der Waals surface area contributed by atoms with Gasteiger partial charge in [-0.3, -0.25) is 0 Å². The molecule has 0 spiro atoms. The number of halogens is 1. The summed E-state index contributed by atoms with van der Waals surface area (Å²) in [6.45, 7) is 2.66. The quantitative estimate of drug-likeness (QED) is 0.607. The molecule has 3 rings (SSSR count). The molecule has 1 aromatic heterocycles. The zero-order valence-electron chi connectivity index (χ0n) is 13.8. The highest BCUT2D eigenvalue weighted by Gasteiger charge is 2.15. The average molecular weight is 407 g/mol. The van der Waals surface area contributed by atoms with E-state index >= 15 is 0 Å². The molecule has 8 heteroatoms. The number of aromatic nitrogens is 1. The maximum Gasteiger partial charge on any atom is 0.285 e. The number of benzene rings is 2. The van der Waals surface area contributed by atoms with Crippen LogP contribution in [0.15, 0.2) is 51.8 Å². The van der Waals surface area contributed by atoms with Crippen molar-refractivity contribution >= 4 is 43.2 Å². The standard InChI is InChI=1S/C18H15ClN2O3S2/c1-3-11-21-16-10-7-14(24-4-2)12-17(16)25-18(21)20-26(22,23)15-8-5-13(19)6-9-15/h1,5-10,12H,4,11H2,2H3. The summed E-state index contributed by atoms with van der Waals surface area (Å²) in [6.07, 6.45) is 5.45. The molecule has 0 aliphatic carbocycles. The highest BCUT2D eigenvalue weighted by Crippen LogP contribution is 2.24. The van der Waals surface area contributed by atoms with E-state index in [0.29, 0.717) is 22.2 Å². The maximum absolute atomic E-state index is 12.6. The predicted octanol–water partition coefficient (Wildman–Crippen LogP) is 3.68. The Morgan fingerprint density at radius 1 is 1.27 bits per heavy atom. The summed E-state index contributed by atoms with van der Waals surface area (Å²) in [5.74, 6) is 3.25. The van der Waals surface area contributed by atoms with Gasteiger partial charge in [0.1, 0.15) is 5.75 Å². The lowest BCUT2D eigenvalue weighted by atomic mass is 10.3. The van der Waals surface area contributed by atoms with E-state index in [2.05, 4.69) is 10.3 Å². The number of thiazole rings is 1. The first-order valence-electron chi connectivity index (χ1n) is 7.71. The Labute approximate surface area is 160 Å². The van der Waals surface area contributed by atoms with Crippen LogP contribution in [0.1, 0.15) is 6.92 Å². The molecule has 0 aliphatic heterocycles. The van der Waals surface area contributed by atoms with Gasteiger partial charge in [0.25, 0.3) is 10.0 Å². The molecule has 0 radical (unpaired) electrons. The Balaban J connectivity index is 2.19. The van der Waals surface area contributed by atoms with Crippen LogP contribution < -0.4 is 9.54 Å². The normalized spacial score (nSPS) is 12.3. The van der Waals surface area contributed by atoms with Crippen LogP contribution in [0.3, 0.4) is 0 Å². The van der Waals surface area contributed by atoms with Gasteiger partial charge in [0.15, 0.2) is 0 Å². The van der Waals surface area contributed by atoms with Crippen molar-refractivity contribution < 1.29 is 13.2 Å². The summed E-state index contributed by atoms with van der Waals surface area (Å²) < 4.78 is 37.3. The smallest absolute Gasteiger partial charge is 0.285 e. The molecule has 3 aromatic rings. The fourth-order valence-corrected chi connectivity index (χ4v) is 4.77. The first-order valence-corrected chi connectivity index (χ1v) is 10.3. The Morgan fingerprint density at radius 3 is 2.65 bits per heavy atom. The molecule has 0 atom stereocenters. The Bertz CT molecular complexity index is 1150. The van der Waals surface area contributed by atoms with E-state index in [1.54, 1.807) is 4.57 Å². The SMILES string of the molecule is C#CCn1c(=NS(=O)(=O)c2ccc(Cl)cc2)sc2cc(OCC)ccc21. The van der Waals surface area contributed by atoms with Gasteiger partial charge in [0.2, 0.25) is 4.80 Å². The number of fused-ring (bicyclic) bond motifs is 1. The van der Waals surface area contributed by atoms with Crippen molar-refractivity contribution in [3.8, 4) is 18.1 Å². The summed E-state index contributed by atoms with van der Waals surface area (Å²) in [5, 5.41) is 0.455. The number of hydrogen-bond acceptors (Lipinski definition) is 4. The lowest BCUT2D eigenvalue weighted by molar-refractivity contribution is 0.341. The second kappa shape index (κ2) is 7.54. The third kappa shape index (κ3) is 3.78. The molecule has 5 nitrogen and oxygen atoms in total. The van der Waals surface area contributed by atoms with Gasteiger partial charge in [-0.15, -0.1) is 10.8 Å². The fourth-order valence-electron chi connectivity index (χ4n) is 2.39. The van der Waals surface area contributed by atoms with E-state index in [9.17, 15) is 8.42 Å². The largest absolute Gasteiger partial charge is 0.494 e. The van der Waals surface area contributed by atoms with Crippen molar-refractivity contribution in [3.05, 3.63) is 52.3 Å². The van der Waals surface area contributed by atoms with E-state index in [1.165, 1.54) is 35.6 Å². The Hall–Kier alpha value is -2.27. The van der Waals surface area contributed by atoms with Crippen LogP contribution in [-0.2, 0) is 16.6 Å². The molecule has 0 fully saturated rings. The van der Waals surface area contributed by atoms with Crippen LogP contribution in [0.4, 0.5) is 0 Å². The molecule has 0 bridgehead atoms. The van der Waals surface area contributed by atoms with Crippen LogP contribution in [0.2, 0.25) is 5.02 Å². The van der Waals surface area contributed by atoms with E-state index in [-0.39, 0.29) is 11.4 Å². The zero-order chi connectivity index (χ0) is 18.7. The second-order valence-electron chi connectivity index (χ2n) is 5.26. The Morgan fingerprint density at radius 2 is 2.00 bits per heavy atom. The van der Waals surface area contributed by atoms with E-state index in [1.807, 2.05) is 25.1 Å².